The lowest BCUT2D eigenvalue weighted by molar-refractivity contribution is -0.384. The van der Waals surface area contributed by atoms with Crippen LogP contribution in [-0.4, -0.2) is 41.4 Å². The normalized spacial score (nSPS) is 21.3. The van der Waals surface area contributed by atoms with Crippen molar-refractivity contribution in [2.24, 2.45) is 5.73 Å². The molecule has 0 unspecified atom stereocenters. The number of hydrogen-bond donors (Lipinski definition) is 2. The van der Waals surface area contributed by atoms with E-state index < -0.39 is 17.1 Å². The average Bonchev–Trinajstić information content (AvgIpc) is 2.80. The van der Waals surface area contributed by atoms with E-state index in [0.717, 1.165) is 0 Å². The fourth-order valence-electron chi connectivity index (χ4n) is 2.47. The summed E-state index contributed by atoms with van der Waals surface area (Å²) in [5, 5.41) is 20.6. The van der Waals surface area contributed by atoms with Gasteiger partial charge in [-0.1, -0.05) is 15.9 Å². The van der Waals surface area contributed by atoms with Crippen LogP contribution in [0.5, 0.6) is 0 Å². The Morgan fingerprint density at radius 1 is 1.62 bits per heavy atom. The van der Waals surface area contributed by atoms with Crippen molar-refractivity contribution in [3.8, 4) is 0 Å². The number of halogens is 1. The van der Waals surface area contributed by atoms with Gasteiger partial charge in [0.05, 0.1) is 24.1 Å². The first-order valence-corrected chi connectivity index (χ1v) is 6.99. The van der Waals surface area contributed by atoms with Crippen LogP contribution in [0.15, 0.2) is 22.7 Å². The molecule has 1 amide bonds. The van der Waals surface area contributed by atoms with E-state index in [1.54, 1.807) is 17.0 Å². The number of benzene rings is 1. The molecular weight excluding hydrogens is 346 g/mol. The second-order valence-electron chi connectivity index (χ2n) is 4.67. The zero-order valence-corrected chi connectivity index (χ0v) is 12.5. The summed E-state index contributed by atoms with van der Waals surface area (Å²) in [7, 11) is 0. The number of nitro benzene ring substituents is 1. The molecule has 1 saturated heterocycles. The van der Waals surface area contributed by atoms with Crippen molar-refractivity contribution in [3.63, 3.8) is 0 Å². The van der Waals surface area contributed by atoms with Gasteiger partial charge in [0.1, 0.15) is 11.8 Å². The zero-order chi connectivity index (χ0) is 15.6. The molecule has 1 fully saturated rings. The molecule has 0 aliphatic carbocycles. The van der Waals surface area contributed by atoms with Crippen LogP contribution in [0.1, 0.15) is 6.42 Å². The van der Waals surface area contributed by atoms with Crippen molar-refractivity contribution in [2.75, 3.05) is 18.1 Å². The predicted octanol–water partition coefficient (Wildman–Crippen LogP) is 1.39. The van der Waals surface area contributed by atoms with E-state index in [2.05, 4.69) is 15.9 Å². The highest BCUT2D eigenvalue weighted by Crippen LogP contribution is 2.36. The maximum Gasteiger partial charge on any atom is 0.404 e. The molecule has 0 spiro atoms. The van der Waals surface area contributed by atoms with Crippen molar-refractivity contribution in [3.05, 3.63) is 32.8 Å². The minimum atomic E-state index is -0.901. The van der Waals surface area contributed by atoms with Crippen LogP contribution < -0.4 is 10.6 Å². The molecule has 9 heteroatoms. The Labute approximate surface area is 128 Å². The number of carbonyl (C=O) groups excluding carboxylic acids is 1. The van der Waals surface area contributed by atoms with E-state index in [0.29, 0.717) is 16.6 Å². The number of nitrogens with two attached hydrogens (primary N) is 1. The first-order chi connectivity index (χ1) is 9.92. The second-order valence-corrected chi connectivity index (χ2v) is 5.59. The van der Waals surface area contributed by atoms with E-state index in [-0.39, 0.29) is 24.9 Å². The standard InChI is InChI=1S/C12H14BrN3O5/c13-7-1-2-10(16(19)20)11(3-7)15-5-9(21-12(14)18)4-8(15)6-17/h1-3,8-9,17H,4-6H2,(H2,14,18)/t8-,9-/m0/s1. The highest BCUT2D eigenvalue weighted by atomic mass is 79.9. The number of anilines is 1. The quantitative estimate of drug-likeness (QED) is 0.619. The topological polar surface area (TPSA) is 119 Å². The molecule has 1 aromatic rings. The van der Waals surface area contributed by atoms with Crippen molar-refractivity contribution < 1.29 is 19.6 Å². The SMILES string of the molecule is NC(=O)O[C@H]1C[C@@H](CO)N(c2cc(Br)ccc2[N+](=O)[O-])C1. The number of ether oxygens (including phenoxy) is 1. The fourth-order valence-corrected chi connectivity index (χ4v) is 2.82. The van der Waals surface area contributed by atoms with Crippen LogP contribution >= 0.6 is 15.9 Å². The second kappa shape index (κ2) is 6.27. The van der Waals surface area contributed by atoms with Crippen LogP contribution in [-0.2, 0) is 4.74 Å². The van der Waals surface area contributed by atoms with E-state index in [1.807, 2.05) is 0 Å². The Hall–Kier alpha value is -1.87. The Kier molecular flexibility index (Phi) is 4.63. The number of aliphatic hydroxyl groups excluding tert-OH is 1. The van der Waals surface area contributed by atoms with Gasteiger partial charge in [0, 0.05) is 17.0 Å². The maximum absolute atomic E-state index is 11.1. The molecular formula is C12H14BrN3O5. The highest BCUT2D eigenvalue weighted by Gasteiger charge is 2.36. The van der Waals surface area contributed by atoms with Gasteiger partial charge in [0.15, 0.2) is 0 Å². The van der Waals surface area contributed by atoms with Crippen molar-refractivity contribution in [2.45, 2.75) is 18.6 Å². The number of nitrogens with zero attached hydrogens (tertiary/aromatic N) is 2. The van der Waals surface area contributed by atoms with E-state index in [9.17, 15) is 20.0 Å². The molecule has 8 nitrogen and oxygen atoms in total. The van der Waals surface area contributed by atoms with Crippen molar-refractivity contribution >= 4 is 33.4 Å². The van der Waals surface area contributed by atoms with Crippen molar-refractivity contribution in [1.29, 1.82) is 0 Å². The van der Waals surface area contributed by atoms with Gasteiger partial charge in [0.2, 0.25) is 0 Å². The van der Waals surface area contributed by atoms with Gasteiger partial charge in [-0.05, 0) is 12.1 Å². The summed E-state index contributed by atoms with van der Waals surface area (Å²) in [5.41, 5.74) is 5.28. The number of hydrogen-bond acceptors (Lipinski definition) is 6. The first kappa shape index (κ1) is 15.5. The minimum absolute atomic E-state index is 0.0728. The fraction of sp³-hybridized carbons (Fsp3) is 0.417. The highest BCUT2D eigenvalue weighted by molar-refractivity contribution is 9.10. The molecule has 0 saturated carbocycles. The summed E-state index contributed by atoms with van der Waals surface area (Å²) in [5.74, 6) is 0. The van der Waals surface area contributed by atoms with Gasteiger partial charge >= 0.3 is 6.09 Å². The third kappa shape index (κ3) is 3.42. The lowest BCUT2D eigenvalue weighted by Gasteiger charge is -2.24. The molecule has 2 atom stereocenters. The summed E-state index contributed by atoms with van der Waals surface area (Å²) >= 11 is 3.27. The Bertz CT molecular complexity index is 568. The first-order valence-electron chi connectivity index (χ1n) is 6.20. The predicted molar refractivity (Wildman–Crippen MR) is 78.1 cm³/mol. The monoisotopic (exact) mass is 359 g/mol. The van der Waals surface area contributed by atoms with E-state index >= 15 is 0 Å². The molecule has 1 aliphatic heterocycles. The lowest BCUT2D eigenvalue weighted by Crippen LogP contribution is -2.33. The van der Waals surface area contributed by atoms with Gasteiger partial charge in [-0.2, -0.15) is 0 Å². The summed E-state index contributed by atoms with van der Waals surface area (Å²) in [6, 6.07) is 4.19. The Balaban J connectivity index is 2.33. The van der Waals surface area contributed by atoms with Gasteiger partial charge in [0.25, 0.3) is 5.69 Å². The molecule has 3 N–H and O–H groups in total. The molecule has 1 aliphatic rings. The van der Waals surface area contributed by atoms with Crippen LogP contribution in [0.3, 0.4) is 0 Å². The molecule has 1 heterocycles. The Morgan fingerprint density at radius 3 is 2.90 bits per heavy atom. The summed E-state index contributed by atoms with van der Waals surface area (Å²) in [4.78, 5) is 23.1. The van der Waals surface area contributed by atoms with Crippen LogP contribution in [0.2, 0.25) is 0 Å². The van der Waals surface area contributed by atoms with Crippen LogP contribution in [0.25, 0.3) is 0 Å². The smallest absolute Gasteiger partial charge is 0.404 e. The number of aliphatic hydroxyl groups is 1. The van der Waals surface area contributed by atoms with Crippen LogP contribution in [0.4, 0.5) is 16.2 Å². The average molecular weight is 360 g/mol. The van der Waals surface area contributed by atoms with Crippen LogP contribution in [0, 0.1) is 10.1 Å². The minimum Gasteiger partial charge on any atom is -0.444 e. The van der Waals surface area contributed by atoms with Gasteiger partial charge in [-0.25, -0.2) is 4.79 Å². The van der Waals surface area contributed by atoms with Gasteiger partial charge in [-0.15, -0.1) is 0 Å². The lowest BCUT2D eigenvalue weighted by atomic mass is 10.2. The number of carbonyl (C=O) groups is 1. The third-order valence-corrected chi connectivity index (χ3v) is 3.81. The summed E-state index contributed by atoms with van der Waals surface area (Å²) in [6.45, 7) is 0.0355. The molecule has 114 valence electrons. The number of nitro groups is 1. The zero-order valence-electron chi connectivity index (χ0n) is 10.9. The van der Waals surface area contributed by atoms with Crippen molar-refractivity contribution in [1.82, 2.24) is 0 Å². The molecule has 0 radical (unpaired) electrons. The Morgan fingerprint density at radius 2 is 2.33 bits per heavy atom. The summed E-state index contributed by atoms with van der Waals surface area (Å²) in [6.07, 6.45) is -1.04. The maximum atomic E-state index is 11.1. The van der Waals surface area contributed by atoms with Gasteiger partial charge in [-0.3, -0.25) is 10.1 Å². The number of rotatable bonds is 4. The van der Waals surface area contributed by atoms with E-state index in [1.165, 1.54) is 6.07 Å². The van der Waals surface area contributed by atoms with Gasteiger partial charge < -0.3 is 20.5 Å². The molecule has 2 rings (SSSR count). The molecule has 1 aromatic carbocycles. The third-order valence-electron chi connectivity index (χ3n) is 3.31. The largest absolute Gasteiger partial charge is 0.444 e. The molecule has 21 heavy (non-hydrogen) atoms. The summed E-state index contributed by atoms with van der Waals surface area (Å²) < 4.78 is 5.61. The number of amides is 1. The number of primary amides is 1. The van der Waals surface area contributed by atoms with E-state index in [4.69, 9.17) is 10.5 Å². The molecule has 0 bridgehead atoms. The molecule has 0 aromatic heterocycles.